The van der Waals surface area contributed by atoms with Gasteiger partial charge < -0.3 is 4.90 Å². The molecule has 1 saturated heterocycles. The number of benzene rings is 1. The Morgan fingerprint density at radius 1 is 1.00 bits per heavy atom. The number of hydrogen-bond acceptors (Lipinski definition) is 7. The van der Waals surface area contributed by atoms with Crippen LogP contribution >= 0.6 is 12.8 Å². The second-order valence-electron chi connectivity index (χ2n) is 4.82. The molecule has 0 N–H and O–H groups in total. The molecule has 1 heterocycles. The van der Waals surface area contributed by atoms with Crippen molar-refractivity contribution < 1.29 is 23.0 Å². The zero-order chi connectivity index (χ0) is 17.4. The van der Waals surface area contributed by atoms with Gasteiger partial charge in [0.05, 0.1) is 15.4 Å². The number of piperazine rings is 1. The Kier molecular flexibility index (Phi) is 4.66. The zero-order valence-corrected chi connectivity index (χ0v) is 12.4. The van der Waals surface area contributed by atoms with Crippen LogP contribution in [0.5, 0.6) is 0 Å². The lowest BCUT2D eigenvalue weighted by atomic mass is 10.1. The van der Waals surface area contributed by atoms with E-state index in [-0.39, 0.29) is 13.1 Å². The molecule has 1 aliphatic rings. The Labute approximate surface area is 133 Å². The molecule has 0 radical (unpaired) electrons. The minimum Gasteiger partial charge on any atom is -0.358 e. The van der Waals surface area contributed by atoms with Gasteiger partial charge in [0.2, 0.25) is 0 Å². The minimum atomic E-state index is -4.92. The molecule has 12 heteroatoms. The van der Waals surface area contributed by atoms with Crippen LogP contribution in [0.2, 0.25) is 0 Å². The lowest BCUT2D eigenvalue weighted by molar-refractivity contribution is -0.393. The molecular weight excluding hydrogens is 341 g/mol. The van der Waals surface area contributed by atoms with Crippen LogP contribution in [0.15, 0.2) is 12.1 Å². The fraction of sp³-hybridized carbons (Fsp3) is 0.455. The average Bonchev–Trinajstić information content (AvgIpc) is 2.45. The predicted molar refractivity (Wildman–Crippen MR) is 77.5 cm³/mol. The molecule has 2 rings (SSSR count). The van der Waals surface area contributed by atoms with Crippen molar-refractivity contribution in [1.82, 2.24) is 4.31 Å². The molecule has 0 unspecified atom stereocenters. The number of thiol groups is 1. The molecular formula is C11H11F3N4O4S. The van der Waals surface area contributed by atoms with Gasteiger partial charge in [-0.1, -0.05) is 12.8 Å². The van der Waals surface area contributed by atoms with Gasteiger partial charge >= 0.3 is 6.18 Å². The number of nitro groups is 2. The van der Waals surface area contributed by atoms with E-state index in [1.54, 1.807) is 4.31 Å². The van der Waals surface area contributed by atoms with E-state index in [2.05, 4.69) is 12.8 Å². The summed E-state index contributed by atoms with van der Waals surface area (Å²) in [5.41, 5.74) is -3.69. The van der Waals surface area contributed by atoms with Crippen molar-refractivity contribution in [3.63, 3.8) is 0 Å². The van der Waals surface area contributed by atoms with Gasteiger partial charge in [-0.15, -0.1) is 0 Å². The Bertz CT molecular complexity index is 612. The zero-order valence-electron chi connectivity index (χ0n) is 11.5. The second-order valence-corrected chi connectivity index (χ2v) is 5.38. The third kappa shape index (κ3) is 3.64. The Balaban J connectivity index is 2.63. The molecule has 1 aromatic rings. The summed E-state index contributed by atoms with van der Waals surface area (Å²) in [7, 11) is 0. The molecule has 0 bridgehead atoms. The maximum atomic E-state index is 12.8. The Morgan fingerprint density at radius 2 is 1.43 bits per heavy atom. The summed E-state index contributed by atoms with van der Waals surface area (Å²) >= 11 is 4.09. The summed E-state index contributed by atoms with van der Waals surface area (Å²) in [5.74, 6) is 0. The number of nitrogens with zero attached hydrogens (tertiary/aromatic N) is 4. The Hall–Kier alpha value is -2.08. The molecule has 126 valence electrons. The van der Waals surface area contributed by atoms with E-state index < -0.39 is 38.6 Å². The fourth-order valence-electron chi connectivity index (χ4n) is 2.29. The number of halogens is 3. The minimum absolute atomic E-state index is 0.177. The normalized spacial score (nSPS) is 16.4. The van der Waals surface area contributed by atoms with E-state index >= 15 is 0 Å². The number of rotatable bonds is 3. The highest BCUT2D eigenvalue weighted by atomic mass is 32.1. The summed E-state index contributed by atoms with van der Waals surface area (Å²) in [6, 6.07) is 0.658. The van der Waals surface area contributed by atoms with Gasteiger partial charge in [-0.05, 0) is 0 Å². The first-order valence-corrected chi connectivity index (χ1v) is 6.74. The molecule has 8 nitrogen and oxygen atoms in total. The summed E-state index contributed by atoms with van der Waals surface area (Å²) in [5, 5.41) is 22.3. The fourth-order valence-corrected chi connectivity index (χ4v) is 2.47. The first kappa shape index (κ1) is 17.3. The largest absolute Gasteiger partial charge is 0.416 e. The van der Waals surface area contributed by atoms with Crippen LogP contribution in [0.25, 0.3) is 0 Å². The van der Waals surface area contributed by atoms with E-state index in [9.17, 15) is 33.4 Å². The van der Waals surface area contributed by atoms with Gasteiger partial charge in [0.15, 0.2) is 5.69 Å². The molecule has 0 saturated carbocycles. The monoisotopic (exact) mass is 352 g/mol. The first-order chi connectivity index (χ1) is 10.6. The van der Waals surface area contributed by atoms with Crippen molar-refractivity contribution in [2.45, 2.75) is 6.18 Å². The van der Waals surface area contributed by atoms with Crippen LogP contribution in [-0.4, -0.2) is 40.3 Å². The van der Waals surface area contributed by atoms with E-state index in [0.717, 1.165) is 0 Å². The van der Waals surface area contributed by atoms with Crippen LogP contribution < -0.4 is 4.90 Å². The maximum absolute atomic E-state index is 12.8. The molecule has 1 aliphatic heterocycles. The Morgan fingerprint density at radius 3 is 1.78 bits per heavy atom. The van der Waals surface area contributed by atoms with Gasteiger partial charge in [0, 0.05) is 38.3 Å². The average molecular weight is 352 g/mol. The van der Waals surface area contributed by atoms with Crippen LogP contribution in [0, 0.1) is 20.2 Å². The second kappa shape index (κ2) is 6.20. The van der Waals surface area contributed by atoms with Crippen LogP contribution in [0.3, 0.4) is 0 Å². The van der Waals surface area contributed by atoms with Gasteiger partial charge in [0.1, 0.15) is 0 Å². The maximum Gasteiger partial charge on any atom is 0.416 e. The molecule has 1 aromatic carbocycles. The molecule has 0 aromatic heterocycles. The SMILES string of the molecule is O=[N+]([O-])c1cc(C(F)(F)F)cc([N+](=O)[O-])c1N1CCN(S)CC1. The van der Waals surface area contributed by atoms with Gasteiger partial charge in [0.25, 0.3) is 11.4 Å². The highest BCUT2D eigenvalue weighted by Crippen LogP contribution is 2.43. The lowest BCUT2D eigenvalue weighted by Gasteiger charge is -2.32. The standard InChI is InChI=1S/C11H11F3N4O4S/c12-11(13,14)7-5-8(17(19)20)10(9(6-7)18(21)22)15-1-3-16(23)4-2-15/h5-6,23H,1-4H2. The third-order valence-corrected chi connectivity index (χ3v) is 3.76. The summed E-state index contributed by atoms with van der Waals surface area (Å²) in [6.45, 7) is 1.07. The van der Waals surface area contributed by atoms with Crippen molar-refractivity contribution in [3.05, 3.63) is 37.9 Å². The van der Waals surface area contributed by atoms with Crippen LogP contribution in [0.1, 0.15) is 5.56 Å². The topological polar surface area (TPSA) is 92.8 Å². The molecule has 0 amide bonds. The smallest absolute Gasteiger partial charge is 0.358 e. The van der Waals surface area contributed by atoms with E-state index in [4.69, 9.17) is 0 Å². The van der Waals surface area contributed by atoms with Crippen LogP contribution in [0.4, 0.5) is 30.2 Å². The number of alkyl halides is 3. The van der Waals surface area contributed by atoms with E-state index in [1.165, 1.54) is 4.90 Å². The molecule has 0 spiro atoms. The van der Waals surface area contributed by atoms with E-state index in [1.807, 2.05) is 0 Å². The van der Waals surface area contributed by atoms with Gasteiger partial charge in [-0.2, -0.15) is 13.2 Å². The highest BCUT2D eigenvalue weighted by molar-refractivity contribution is 7.77. The van der Waals surface area contributed by atoms with Crippen LogP contribution in [-0.2, 0) is 6.18 Å². The molecule has 23 heavy (non-hydrogen) atoms. The molecule has 0 aliphatic carbocycles. The quantitative estimate of drug-likeness (QED) is 0.510. The van der Waals surface area contributed by atoms with Gasteiger partial charge in [-0.25, -0.2) is 4.31 Å². The summed E-state index contributed by atoms with van der Waals surface area (Å²) in [4.78, 5) is 21.6. The van der Waals surface area contributed by atoms with Crippen molar-refractivity contribution in [3.8, 4) is 0 Å². The lowest BCUT2D eigenvalue weighted by Crippen LogP contribution is -2.43. The van der Waals surface area contributed by atoms with Crippen molar-refractivity contribution >= 4 is 29.9 Å². The number of nitro benzene ring substituents is 2. The first-order valence-electron chi connectivity index (χ1n) is 6.34. The van der Waals surface area contributed by atoms with Crippen molar-refractivity contribution in [2.75, 3.05) is 31.1 Å². The predicted octanol–water partition coefficient (Wildman–Crippen LogP) is 2.49. The highest BCUT2D eigenvalue weighted by Gasteiger charge is 2.39. The van der Waals surface area contributed by atoms with E-state index in [0.29, 0.717) is 25.2 Å². The third-order valence-electron chi connectivity index (χ3n) is 3.36. The van der Waals surface area contributed by atoms with Crippen molar-refractivity contribution in [2.24, 2.45) is 0 Å². The number of anilines is 1. The van der Waals surface area contributed by atoms with Crippen molar-refractivity contribution in [1.29, 1.82) is 0 Å². The summed E-state index contributed by atoms with van der Waals surface area (Å²) < 4.78 is 40.1. The van der Waals surface area contributed by atoms with Gasteiger partial charge in [-0.3, -0.25) is 20.2 Å². The molecule has 0 atom stereocenters. The molecule has 1 fully saturated rings. The number of hydrogen-bond donors (Lipinski definition) is 1. The summed E-state index contributed by atoms with van der Waals surface area (Å²) in [6.07, 6.45) is -4.92.